The first-order chi connectivity index (χ1) is 10.7. The average Bonchev–Trinajstić information content (AvgIpc) is 2.99. The van der Waals surface area contributed by atoms with Gasteiger partial charge in [-0.1, -0.05) is 5.16 Å². The van der Waals surface area contributed by atoms with E-state index in [1.165, 1.54) is 0 Å². The molecule has 1 saturated heterocycles. The first kappa shape index (κ1) is 15.0. The molecule has 118 valence electrons. The van der Waals surface area contributed by atoms with Crippen molar-refractivity contribution in [2.24, 2.45) is 0 Å². The zero-order valence-electron chi connectivity index (χ0n) is 13.2. The first-order valence-electron chi connectivity index (χ1n) is 7.48. The fourth-order valence-corrected chi connectivity index (χ4v) is 2.54. The highest BCUT2D eigenvalue weighted by Crippen LogP contribution is 2.21. The van der Waals surface area contributed by atoms with Crippen LogP contribution in [0, 0.1) is 0 Å². The molecule has 1 aliphatic heterocycles. The number of morpholine rings is 1. The highest BCUT2D eigenvalue weighted by Gasteiger charge is 2.25. The second-order valence-corrected chi connectivity index (χ2v) is 5.66. The van der Waals surface area contributed by atoms with E-state index >= 15 is 0 Å². The summed E-state index contributed by atoms with van der Waals surface area (Å²) in [6.07, 6.45) is 0.236. The molecule has 0 amide bonds. The van der Waals surface area contributed by atoms with Gasteiger partial charge >= 0.3 is 0 Å². The Bertz CT molecular complexity index is 611. The van der Waals surface area contributed by atoms with Gasteiger partial charge < -0.3 is 14.0 Å². The van der Waals surface area contributed by atoms with Crippen molar-refractivity contribution in [3.05, 3.63) is 30.2 Å². The summed E-state index contributed by atoms with van der Waals surface area (Å²) in [6, 6.07) is 7.97. The summed E-state index contributed by atoms with van der Waals surface area (Å²) in [5, 5.41) is 4.07. The number of hydrogen-bond donors (Lipinski definition) is 0. The third kappa shape index (κ3) is 3.28. The molecule has 2 aromatic rings. The van der Waals surface area contributed by atoms with E-state index < -0.39 is 0 Å². The molecule has 0 saturated carbocycles. The van der Waals surface area contributed by atoms with Crippen LogP contribution in [-0.4, -0.2) is 47.4 Å². The van der Waals surface area contributed by atoms with Crippen molar-refractivity contribution in [1.29, 1.82) is 0 Å². The molecule has 6 nitrogen and oxygen atoms in total. The molecule has 2 heterocycles. The van der Waals surface area contributed by atoms with Gasteiger partial charge in [0.25, 0.3) is 0 Å². The highest BCUT2D eigenvalue weighted by molar-refractivity contribution is 5.55. The van der Waals surface area contributed by atoms with Crippen LogP contribution in [-0.2, 0) is 11.3 Å². The standard InChI is InChI=1S/C16H21N3O3/c1-11-10-21-12(2)8-19(11)9-15-17-16(18-22-15)13-4-6-14(20-3)7-5-13/h4-7,11-12H,8-10H2,1-3H3/t11-,12-/m0/s1. The normalized spacial score (nSPS) is 22.7. The van der Waals surface area contributed by atoms with Gasteiger partial charge in [-0.3, -0.25) is 4.90 Å². The molecule has 0 bridgehead atoms. The third-order valence-electron chi connectivity index (χ3n) is 3.89. The number of nitrogens with zero attached hydrogens (tertiary/aromatic N) is 3. The summed E-state index contributed by atoms with van der Waals surface area (Å²) in [6.45, 7) is 6.49. The molecule has 3 rings (SSSR count). The number of methoxy groups -OCH3 is 1. The van der Waals surface area contributed by atoms with Gasteiger partial charge in [0.2, 0.25) is 11.7 Å². The van der Waals surface area contributed by atoms with Crippen LogP contribution in [0.2, 0.25) is 0 Å². The van der Waals surface area contributed by atoms with E-state index in [-0.39, 0.29) is 6.10 Å². The zero-order chi connectivity index (χ0) is 15.5. The Kier molecular flexibility index (Phi) is 4.40. The van der Waals surface area contributed by atoms with Gasteiger partial charge in [-0.15, -0.1) is 0 Å². The Hall–Kier alpha value is -1.92. The van der Waals surface area contributed by atoms with Gasteiger partial charge in [0, 0.05) is 18.2 Å². The molecule has 1 aliphatic rings. The largest absolute Gasteiger partial charge is 0.497 e. The van der Waals surface area contributed by atoms with Crippen LogP contribution in [0.25, 0.3) is 11.4 Å². The minimum Gasteiger partial charge on any atom is -0.497 e. The van der Waals surface area contributed by atoms with Crippen LogP contribution in [0.15, 0.2) is 28.8 Å². The van der Waals surface area contributed by atoms with E-state index in [1.807, 2.05) is 24.3 Å². The lowest BCUT2D eigenvalue weighted by molar-refractivity contribution is -0.0555. The quantitative estimate of drug-likeness (QED) is 0.864. The SMILES string of the molecule is COc1ccc(-c2noc(CN3C[C@H](C)OC[C@@H]3C)n2)cc1. The van der Waals surface area contributed by atoms with Crippen LogP contribution < -0.4 is 4.74 Å². The Morgan fingerprint density at radius 2 is 2.05 bits per heavy atom. The molecule has 0 N–H and O–H groups in total. The molecule has 0 radical (unpaired) electrons. The van der Waals surface area contributed by atoms with Crippen molar-refractivity contribution in [2.75, 3.05) is 20.3 Å². The zero-order valence-corrected chi connectivity index (χ0v) is 13.2. The summed E-state index contributed by atoms with van der Waals surface area (Å²) < 4.78 is 16.2. The maximum absolute atomic E-state index is 5.63. The van der Waals surface area contributed by atoms with E-state index in [2.05, 4.69) is 28.9 Å². The number of hydrogen-bond acceptors (Lipinski definition) is 6. The van der Waals surface area contributed by atoms with Gasteiger partial charge in [-0.2, -0.15) is 4.98 Å². The minimum absolute atomic E-state index is 0.236. The summed E-state index contributed by atoms with van der Waals surface area (Å²) in [7, 11) is 1.64. The Morgan fingerprint density at radius 1 is 1.27 bits per heavy atom. The molecule has 1 aromatic carbocycles. The lowest BCUT2D eigenvalue weighted by atomic mass is 10.2. The monoisotopic (exact) mass is 303 g/mol. The van der Waals surface area contributed by atoms with Gasteiger partial charge in [0.05, 0.1) is 26.4 Å². The van der Waals surface area contributed by atoms with Crippen LogP contribution in [0.3, 0.4) is 0 Å². The van der Waals surface area contributed by atoms with Crippen molar-refractivity contribution in [3.8, 4) is 17.1 Å². The molecular weight excluding hydrogens is 282 g/mol. The van der Waals surface area contributed by atoms with Gasteiger partial charge in [-0.05, 0) is 38.1 Å². The molecular formula is C16H21N3O3. The van der Waals surface area contributed by atoms with Crippen molar-refractivity contribution in [2.45, 2.75) is 32.5 Å². The lowest BCUT2D eigenvalue weighted by Gasteiger charge is -2.35. The molecule has 0 aliphatic carbocycles. The predicted octanol–water partition coefficient (Wildman–Crippen LogP) is 2.35. The van der Waals surface area contributed by atoms with Crippen molar-refractivity contribution in [1.82, 2.24) is 15.0 Å². The van der Waals surface area contributed by atoms with Crippen molar-refractivity contribution < 1.29 is 14.0 Å². The summed E-state index contributed by atoms with van der Waals surface area (Å²) >= 11 is 0. The number of ether oxygens (including phenoxy) is 2. The maximum Gasteiger partial charge on any atom is 0.241 e. The molecule has 0 spiro atoms. The maximum atomic E-state index is 5.63. The smallest absolute Gasteiger partial charge is 0.241 e. The van der Waals surface area contributed by atoms with Gasteiger partial charge in [-0.25, -0.2) is 0 Å². The predicted molar refractivity (Wildman–Crippen MR) is 81.6 cm³/mol. The molecule has 6 heteroatoms. The van der Waals surface area contributed by atoms with Crippen molar-refractivity contribution >= 4 is 0 Å². The third-order valence-corrected chi connectivity index (χ3v) is 3.89. The van der Waals surface area contributed by atoms with Crippen LogP contribution in [0.5, 0.6) is 5.75 Å². The average molecular weight is 303 g/mol. The summed E-state index contributed by atoms with van der Waals surface area (Å²) in [4.78, 5) is 6.79. The number of rotatable bonds is 4. The van der Waals surface area contributed by atoms with Crippen LogP contribution in [0.4, 0.5) is 0 Å². The lowest BCUT2D eigenvalue weighted by Crippen LogP contribution is -2.46. The van der Waals surface area contributed by atoms with Gasteiger partial charge in [0.15, 0.2) is 0 Å². The Labute approximate surface area is 130 Å². The Morgan fingerprint density at radius 3 is 2.77 bits per heavy atom. The topological polar surface area (TPSA) is 60.6 Å². The first-order valence-corrected chi connectivity index (χ1v) is 7.48. The van der Waals surface area contributed by atoms with E-state index in [0.717, 1.165) is 24.5 Å². The van der Waals surface area contributed by atoms with E-state index in [9.17, 15) is 0 Å². The van der Waals surface area contributed by atoms with E-state index in [1.54, 1.807) is 7.11 Å². The van der Waals surface area contributed by atoms with E-state index in [0.29, 0.717) is 24.3 Å². The van der Waals surface area contributed by atoms with Crippen molar-refractivity contribution in [3.63, 3.8) is 0 Å². The fourth-order valence-electron chi connectivity index (χ4n) is 2.54. The number of benzene rings is 1. The van der Waals surface area contributed by atoms with Gasteiger partial charge in [0.1, 0.15) is 5.75 Å². The Balaban J connectivity index is 1.70. The molecule has 22 heavy (non-hydrogen) atoms. The molecule has 0 unspecified atom stereocenters. The summed E-state index contributed by atoms with van der Waals surface area (Å²) in [5.74, 6) is 2.04. The second-order valence-electron chi connectivity index (χ2n) is 5.66. The second kappa shape index (κ2) is 6.46. The number of aromatic nitrogens is 2. The molecule has 2 atom stereocenters. The highest BCUT2D eigenvalue weighted by atomic mass is 16.5. The van der Waals surface area contributed by atoms with Crippen LogP contribution >= 0.6 is 0 Å². The minimum atomic E-state index is 0.236. The summed E-state index contributed by atoms with van der Waals surface area (Å²) in [5.41, 5.74) is 0.916. The van der Waals surface area contributed by atoms with Crippen LogP contribution in [0.1, 0.15) is 19.7 Å². The fraction of sp³-hybridized carbons (Fsp3) is 0.500. The molecule has 1 fully saturated rings. The van der Waals surface area contributed by atoms with E-state index in [4.69, 9.17) is 14.0 Å². The molecule has 1 aromatic heterocycles.